The SMILES string of the molecule is COc1cccc(OC)c1CN[C@@H]1CCCN(c2nc(C)c3cc(F)ccc3n2)CC1. The second-order valence-electron chi connectivity index (χ2n) is 7.91. The predicted molar refractivity (Wildman–Crippen MR) is 120 cm³/mol. The quantitative estimate of drug-likeness (QED) is 0.639. The van der Waals surface area contributed by atoms with E-state index in [0.29, 0.717) is 12.6 Å². The number of fused-ring (bicyclic) bond motifs is 1. The highest BCUT2D eigenvalue weighted by molar-refractivity contribution is 5.81. The van der Waals surface area contributed by atoms with Crippen LogP contribution in [0.15, 0.2) is 36.4 Å². The van der Waals surface area contributed by atoms with Gasteiger partial charge in [0.25, 0.3) is 0 Å². The lowest BCUT2D eigenvalue weighted by atomic mass is 10.1. The van der Waals surface area contributed by atoms with E-state index in [4.69, 9.17) is 14.5 Å². The van der Waals surface area contributed by atoms with Crippen molar-refractivity contribution in [3.05, 3.63) is 53.5 Å². The van der Waals surface area contributed by atoms with E-state index in [1.165, 1.54) is 12.1 Å². The van der Waals surface area contributed by atoms with Crippen molar-refractivity contribution in [2.24, 2.45) is 0 Å². The van der Waals surface area contributed by atoms with Gasteiger partial charge in [0.2, 0.25) is 5.95 Å². The maximum absolute atomic E-state index is 13.6. The number of nitrogens with zero attached hydrogens (tertiary/aromatic N) is 3. The van der Waals surface area contributed by atoms with E-state index >= 15 is 0 Å². The number of hydrogen-bond acceptors (Lipinski definition) is 6. The molecule has 6 nitrogen and oxygen atoms in total. The fraction of sp³-hybridized carbons (Fsp3) is 0.417. The van der Waals surface area contributed by atoms with Gasteiger partial charge in [-0.25, -0.2) is 14.4 Å². The molecule has 0 saturated carbocycles. The largest absolute Gasteiger partial charge is 0.496 e. The van der Waals surface area contributed by atoms with Crippen LogP contribution in [-0.4, -0.2) is 43.3 Å². The first-order chi connectivity index (χ1) is 15.1. The van der Waals surface area contributed by atoms with E-state index in [1.807, 2.05) is 25.1 Å². The molecule has 0 radical (unpaired) electrons. The van der Waals surface area contributed by atoms with Gasteiger partial charge in [0.15, 0.2) is 0 Å². The highest BCUT2D eigenvalue weighted by atomic mass is 19.1. The molecule has 0 aliphatic carbocycles. The summed E-state index contributed by atoms with van der Waals surface area (Å²) in [5.74, 6) is 2.13. The van der Waals surface area contributed by atoms with E-state index in [0.717, 1.165) is 72.0 Å². The Hall–Kier alpha value is -2.93. The molecule has 1 aliphatic heterocycles. The van der Waals surface area contributed by atoms with Crippen LogP contribution in [0.2, 0.25) is 0 Å². The lowest BCUT2D eigenvalue weighted by molar-refractivity contribution is 0.376. The van der Waals surface area contributed by atoms with Crippen molar-refractivity contribution in [2.45, 2.75) is 38.8 Å². The molecule has 1 saturated heterocycles. The minimum absolute atomic E-state index is 0.262. The van der Waals surface area contributed by atoms with Gasteiger partial charge in [-0.3, -0.25) is 0 Å². The number of anilines is 1. The van der Waals surface area contributed by atoms with Crippen LogP contribution in [0.1, 0.15) is 30.5 Å². The van der Waals surface area contributed by atoms with Gasteiger partial charge < -0.3 is 19.7 Å². The number of benzene rings is 2. The van der Waals surface area contributed by atoms with Crippen molar-refractivity contribution in [3.8, 4) is 11.5 Å². The lowest BCUT2D eigenvalue weighted by Crippen LogP contribution is -2.31. The van der Waals surface area contributed by atoms with Crippen molar-refractivity contribution < 1.29 is 13.9 Å². The smallest absolute Gasteiger partial charge is 0.226 e. The lowest BCUT2D eigenvalue weighted by Gasteiger charge is -2.22. The first-order valence-corrected chi connectivity index (χ1v) is 10.7. The zero-order chi connectivity index (χ0) is 21.8. The van der Waals surface area contributed by atoms with E-state index in [9.17, 15) is 4.39 Å². The second kappa shape index (κ2) is 9.47. The van der Waals surface area contributed by atoms with Gasteiger partial charge in [-0.05, 0) is 56.5 Å². The van der Waals surface area contributed by atoms with Crippen molar-refractivity contribution >= 4 is 16.9 Å². The van der Waals surface area contributed by atoms with E-state index in [1.54, 1.807) is 20.3 Å². The van der Waals surface area contributed by atoms with Gasteiger partial charge in [-0.2, -0.15) is 0 Å². The van der Waals surface area contributed by atoms with Crippen LogP contribution in [0, 0.1) is 12.7 Å². The highest BCUT2D eigenvalue weighted by Gasteiger charge is 2.20. The molecule has 0 spiro atoms. The summed E-state index contributed by atoms with van der Waals surface area (Å²) >= 11 is 0. The second-order valence-corrected chi connectivity index (χ2v) is 7.91. The van der Waals surface area contributed by atoms with Crippen LogP contribution >= 0.6 is 0 Å². The zero-order valence-electron chi connectivity index (χ0n) is 18.3. The predicted octanol–water partition coefficient (Wildman–Crippen LogP) is 4.24. The van der Waals surface area contributed by atoms with Gasteiger partial charge in [0.05, 0.1) is 25.4 Å². The maximum Gasteiger partial charge on any atom is 0.226 e. The van der Waals surface area contributed by atoms with Crippen LogP contribution in [0.4, 0.5) is 10.3 Å². The first kappa shape index (κ1) is 21.3. The molecule has 1 atom stereocenters. The molecule has 4 rings (SSSR count). The van der Waals surface area contributed by atoms with Crippen molar-refractivity contribution in [2.75, 3.05) is 32.2 Å². The summed E-state index contributed by atoms with van der Waals surface area (Å²) in [7, 11) is 3.36. The Morgan fingerprint density at radius 2 is 1.84 bits per heavy atom. The molecule has 164 valence electrons. The van der Waals surface area contributed by atoms with Crippen LogP contribution in [0.5, 0.6) is 11.5 Å². The van der Waals surface area contributed by atoms with Crippen molar-refractivity contribution in [3.63, 3.8) is 0 Å². The van der Waals surface area contributed by atoms with E-state index in [2.05, 4.69) is 15.2 Å². The van der Waals surface area contributed by atoms with Crippen LogP contribution in [0.25, 0.3) is 10.9 Å². The normalized spacial score (nSPS) is 16.9. The summed E-state index contributed by atoms with van der Waals surface area (Å²) in [4.78, 5) is 11.6. The molecule has 1 fully saturated rings. The molecule has 0 bridgehead atoms. The number of aromatic nitrogens is 2. The van der Waals surface area contributed by atoms with Gasteiger partial charge in [-0.1, -0.05) is 6.07 Å². The minimum Gasteiger partial charge on any atom is -0.496 e. The third-order valence-electron chi connectivity index (χ3n) is 5.94. The number of hydrogen-bond donors (Lipinski definition) is 1. The van der Waals surface area contributed by atoms with Crippen LogP contribution < -0.4 is 19.7 Å². The van der Waals surface area contributed by atoms with Crippen molar-refractivity contribution in [1.29, 1.82) is 0 Å². The molecule has 31 heavy (non-hydrogen) atoms. The molecule has 1 aliphatic rings. The number of aryl methyl sites for hydroxylation is 1. The van der Waals surface area contributed by atoms with E-state index in [-0.39, 0.29) is 5.82 Å². The van der Waals surface area contributed by atoms with Gasteiger partial charge in [-0.15, -0.1) is 0 Å². The number of halogens is 1. The molecule has 2 heterocycles. The van der Waals surface area contributed by atoms with E-state index < -0.39 is 0 Å². The number of ether oxygens (including phenoxy) is 2. The summed E-state index contributed by atoms with van der Waals surface area (Å²) in [5, 5.41) is 4.44. The Morgan fingerprint density at radius 3 is 2.58 bits per heavy atom. The molecule has 0 amide bonds. The van der Waals surface area contributed by atoms with Crippen molar-refractivity contribution in [1.82, 2.24) is 15.3 Å². The molecule has 3 aromatic rings. The molecule has 2 aromatic carbocycles. The molecule has 1 N–H and O–H groups in total. The molecular weight excluding hydrogens is 395 g/mol. The number of methoxy groups -OCH3 is 2. The highest BCUT2D eigenvalue weighted by Crippen LogP contribution is 2.28. The van der Waals surface area contributed by atoms with Crippen LogP contribution in [-0.2, 0) is 6.54 Å². The standard InChI is InChI=1S/C24H29FN4O2/c1-16-19-14-17(25)9-10-21(19)28-24(27-16)29-12-5-6-18(11-13-29)26-15-20-22(30-2)7-4-8-23(20)31-3/h4,7-10,14,18,26H,5-6,11-13,15H2,1-3H3/t18-/m1/s1. The number of rotatable bonds is 6. The summed E-state index contributed by atoms with van der Waals surface area (Å²) in [5.41, 5.74) is 2.63. The minimum atomic E-state index is -0.262. The Labute approximate surface area is 182 Å². The van der Waals surface area contributed by atoms with Gasteiger partial charge in [0, 0.05) is 36.6 Å². The monoisotopic (exact) mass is 424 g/mol. The average Bonchev–Trinajstić information content (AvgIpc) is 3.03. The third-order valence-corrected chi connectivity index (χ3v) is 5.94. The maximum atomic E-state index is 13.6. The third kappa shape index (κ3) is 4.71. The molecular formula is C24H29FN4O2. The summed E-state index contributed by atoms with van der Waals surface area (Å²) < 4.78 is 24.6. The van der Waals surface area contributed by atoms with Crippen LogP contribution in [0.3, 0.4) is 0 Å². The first-order valence-electron chi connectivity index (χ1n) is 10.7. The fourth-order valence-corrected chi connectivity index (χ4v) is 4.23. The molecule has 1 aromatic heterocycles. The Kier molecular flexibility index (Phi) is 6.51. The van der Waals surface area contributed by atoms with Gasteiger partial charge >= 0.3 is 0 Å². The Bertz CT molecular complexity index is 1040. The summed E-state index contributed by atoms with van der Waals surface area (Å²) in [6, 6.07) is 10.9. The summed E-state index contributed by atoms with van der Waals surface area (Å²) in [6.45, 7) is 4.37. The summed E-state index contributed by atoms with van der Waals surface area (Å²) in [6.07, 6.45) is 3.11. The van der Waals surface area contributed by atoms with Gasteiger partial charge in [0.1, 0.15) is 17.3 Å². The molecule has 7 heteroatoms. The fourth-order valence-electron chi connectivity index (χ4n) is 4.23. The molecule has 0 unspecified atom stereocenters. The Morgan fingerprint density at radius 1 is 1.06 bits per heavy atom. The topological polar surface area (TPSA) is 59.5 Å². The Balaban J connectivity index is 1.44. The zero-order valence-corrected chi connectivity index (χ0v) is 18.3. The number of nitrogens with one attached hydrogen (secondary N) is 1. The average molecular weight is 425 g/mol.